The van der Waals surface area contributed by atoms with E-state index in [0.717, 1.165) is 25.3 Å². The van der Waals surface area contributed by atoms with Crippen molar-refractivity contribution in [2.24, 2.45) is 11.7 Å². The summed E-state index contributed by atoms with van der Waals surface area (Å²) >= 11 is 0. The van der Waals surface area contributed by atoms with Gasteiger partial charge in [0.2, 0.25) is 5.91 Å². The van der Waals surface area contributed by atoms with Gasteiger partial charge in [0, 0.05) is 6.42 Å². The number of hydrogen-bond donors (Lipinski definition) is 2. The molecule has 20 heavy (non-hydrogen) atoms. The first kappa shape index (κ1) is 16.1. The highest BCUT2D eigenvalue weighted by Gasteiger charge is 2.11. The number of halogens is 1. The minimum absolute atomic E-state index is 0.132. The normalized spacial score (nSPS) is 11.7. The maximum absolute atomic E-state index is 13.0. The molecule has 0 spiro atoms. The van der Waals surface area contributed by atoms with E-state index in [0.29, 0.717) is 24.6 Å². The van der Waals surface area contributed by atoms with Gasteiger partial charge >= 0.3 is 0 Å². The van der Waals surface area contributed by atoms with Crippen molar-refractivity contribution >= 4 is 11.6 Å². The van der Waals surface area contributed by atoms with Gasteiger partial charge in [0.1, 0.15) is 11.9 Å². The number of anilines is 1. The van der Waals surface area contributed by atoms with Gasteiger partial charge < -0.3 is 11.1 Å². The van der Waals surface area contributed by atoms with Gasteiger partial charge in [-0.2, -0.15) is 5.26 Å². The van der Waals surface area contributed by atoms with Gasteiger partial charge in [-0.3, -0.25) is 4.79 Å². The van der Waals surface area contributed by atoms with Gasteiger partial charge in [-0.1, -0.05) is 13.3 Å². The predicted molar refractivity (Wildman–Crippen MR) is 76.4 cm³/mol. The fraction of sp³-hybridized carbons (Fsp3) is 0.467. The smallest absolute Gasteiger partial charge is 0.224 e. The minimum Gasteiger partial charge on any atom is -0.330 e. The highest BCUT2D eigenvalue weighted by atomic mass is 19.1. The standard InChI is InChI=1S/C15H20FN3O/c1-2-11(7-8-17)3-6-15(20)19-14-5-4-13(16)9-12(14)10-18/h4-5,9,11H,2-3,6-8,17H2,1H3,(H,19,20). The molecule has 1 rings (SSSR count). The highest BCUT2D eigenvalue weighted by molar-refractivity contribution is 5.92. The molecule has 1 aromatic carbocycles. The lowest BCUT2D eigenvalue weighted by molar-refractivity contribution is -0.116. The predicted octanol–water partition coefficient (Wildman–Crippen LogP) is 2.79. The number of nitrogens with two attached hydrogens (primary N) is 1. The summed E-state index contributed by atoms with van der Waals surface area (Å²) in [6.45, 7) is 2.70. The molecule has 0 saturated carbocycles. The van der Waals surface area contributed by atoms with Crippen molar-refractivity contribution in [3.63, 3.8) is 0 Å². The molecule has 3 N–H and O–H groups in total. The lowest BCUT2D eigenvalue weighted by atomic mass is 9.96. The van der Waals surface area contributed by atoms with E-state index in [-0.39, 0.29) is 11.5 Å². The van der Waals surface area contributed by atoms with E-state index in [4.69, 9.17) is 11.0 Å². The third-order valence-corrected chi connectivity index (χ3v) is 3.31. The molecule has 1 aromatic rings. The van der Waals surface area contributed by atoms with Crippen LogP contribution in [0.15, 0.2) is 18.2 Å². The molecule has 0 bridgehead atoms. The van der Waals surface area contributed by atoms with Crippen molar-refractivity contribution in [1.29, 1.82) is 5.26 Å². The number of rotatable bonds is 7. The molecule has 0 aromatic heterocycles. The minimum atomic E-state index is -0.492. The van der Waals surface area contributed by atoms with Crippen molar-refractivity contribution in [3.05, 3.63) is 29.6 Å². The average Bonchev–Trinajstić information content (AvgIpc) is 2.45. The molecule has 4 nitrogen and oxygen atoms in total. The van der Waals surface area contributed by atoms with E-state index in [2.05, 4.69) is 12.2 Å². The lowest BCUT2D eigenvalue weighted by Crippen LogP contribution is -2.15. The Kier molecular flexibility index (Phi) is 6.68. The SMILES string of the molecule is CCC(CCN)CCC(=O)Nc1ccc(F)cc1C#N. The fourth-order valence-corrected chi connectivity index (χ4v) is 2.05. The molecule has 1 atom stereocenters. The zero-order valence-electron chi connectivity index (χ0n) is 11.7. The summed E-state index contributed by atoms with van der Waals surface area (Å²) < 4.78 is 13.0. The molecule has 0 fully saturated rings. The Balaban J connectivity index is 2.57. The van der Waals surface area contributed by atoms with Crippen LogP contribution in [0.4, 0.5) is 10.1 Å². The number of carbonyl (C=O) groups is 1. The number of nitrogens with one attached hydrogen (secondary N) is 1. The molecular weight excluding hydrogens is 257 g/mol. The van der Waals surface area contributed by atoms with Crippen LogP contribution in [-0.4, -0.2) is 12.5 Å². The zero-order valence-corrected chi connectivity index (χ0v) is 11.7. The van der Waals surface area contributed by atoms with Crippen LogP contribution in [-0.2, 0) is 4.79 Å². The van der Waals surface area contributed by atoms with Gasteiger partial charge in [-0.15, -0.1) is 0 Å². The monoisotopic (exact) mass is 277 g/mol. The summed E-state index contributed by atoms with van der Waals surface area (Å²) in [4.78, 5) is 11.8. The first-order valence-electron chi connectivity index (χ1n) is 6.80. The lowest BCUT2D eigenvalue weighted by Gasteiger charge is -2.13. The van der Waals surface area contributed by atoms with Gasteiger partial charge in [-0.05, 0) is 43.5 Å². The van der Waals surface area contributed by atoms with Crippen LogP contribution in [0.2, 0.25) is 0 Å². The highest BCUT2D eigenvalue weighted by Crippen LogP contribution is 2.18. The number of benzene rings is 1. The van der Waals surface area contributed by atoms with Gasteiger partial charge in [0.25, 0.3) is 0 Å². The first-order valence-corrected chi connectivity index (χ1v) is 6.80. The molecule has 0 saturated heterocycles. The Morgan fingerprint density at radius 1 is 1.50 bits per heavy atom. The number of carbonyl (C=O) groups excluding carboxylic acids is 1. The van der Waals surface area contributed by atoms with E-state index in [1.54, 1.807) is 0 Å². The van der Waals surface area contributed by atoms with Crippen LogP contribution in [0.25, 0.3) is 0 Å². The fourth-order valence-electron chi connectivity index (χ4n) is 2.05. The van der Waals surface area contributed by atoms with Crippen molar-refractivity contribution in [1.82, 2.24) is 0 Å². The van der Waals surface area contributed by atoms with Crippen molar-refractivity contribution in [2.45, 2.75) is 32.6 Å². The zero-order chi connectivity index (χ0) is 15.0. The van der Waals surface area contributed by atoms with Crippen LogP contribution in [0.3, 0.4) is 0 Å². The van der Waals surface area contributed by atoms with Crippen LogP contribution >= 0.6 is 0 Å². The molecule has 1 amide bonds. The second-order valence-electron chi connectivity index (χ2n) is 4.74. The third kappa shape index (κ3) is 4.98. The maximum Gasteiger partial charge on any atom is 0.224 e. The maximum atomic E-state index is 13.0. The molecule has 0 heterocycles. The Labute approximate surface area is 118 Å². The summed E-state index contributed by atoms with van der Waals surface area (Å²) in [6.07, 6.45) is 3.04. The molecular formula is C15H20FN3O. The van der Waals surface area contributed by atoms with E-state index in [1.165, 1.54) is 12.1 Å². The molecule has 1 unspecified atom stereocenters. The third-order valence-electron chi connectivity index (χ3n) is 3.31. The summed E-state index contributed by atoms with van der Waals surface area (Å²) in [7, 11) is 0. The quantitative estimate of drug-likeness (QED) is 0.804. The summed E-state index contributed by atoms with van der Waals surface area (Å²) in [6, 6.07) is 5.60. The topological polar surface area (TPSA) is 78.9 Å². The number of nitrogens with zero attached hydrogens (tertiary/aromatic N) is 1. The van der Waals surface area contributed by atoms with Gasteiger partial charge in [0.15, 0.2) is 0 Å². The molecule has 0 aliphatic rings. The van der Waals surface area contributed by atoms with E-state index >= 15 is 0 Å². The second kappa shape index (κ2) is 8.28. The largest absolute Gasteiger partial charge is 0.330 e. The Morgan fingerprint density at radius 3 is 2.85 bits per heavy atom. The first-order chi connectivity index (χ1) is 9.60. The molecule has 0 radical (unpaired) electrons. The van der Waals surface area contributed by atoms with E-state index in [1.807, 2.05) is 6.07 Å². The van der Waals surface area contributed by atoms with Crippen LogP contribution < -0.4 is 11.1 Å². The van der Waals surface area contributed by atoms with Crippen LogP contribution in [0.1, 0.15) is 38.2 Å². The van der Waals surface area contributed by atoms with Gasteiger partial charge in [-0.25, -0.2) is 4.39 Å². The molecule has 0 aliphatic heterocycles. The summed E-state index contributed by atoms with van der Waals surface area (Å²) in [5.41, 5.74) is 6.00. The number of nitriles is 1. The van der Waals surface area contributed by atoms with Gasteiger partial charge in [0.05, 0.1) is 11.3 Å². The van der Waals surface area contributed by atoms with E-state index in [9.17, 15) is 9.18 Å². The van der Waals surface area contributed by atoms with Crippen LogP contribution in [0, 0.1) is 23.1 Å². The Bertz CT molecular complexity index is 496. The number of amides is 1. The molecule has 108 valence electrons. The summed E-state index contributed by atoms with van der Waals surface area (Å²) in [5, 5.41) is 11.6. The Hall–Kier alpha value is -1.93. The average molecular weight is 277 g/mol. The summed E-state index contributed by atoms with van der Waals surface area (Å²) in [5.74, 6) is -0.216. The van der Waals surface area contributed by atoms with Crippen LogP contribution in [0.5, 0.6) is 0 Å². The van der Waals surface area contributed by atoms with Crippen molar-refractivity contribution in [2.75, 3.05) is 11.9 Å². The Morgan fingerprint density at radius 2 is 2.25 bits per heavy atom. The molecule has 5 heteroatoms. The number of hydrogen-bond acceptors (Lipinski definition) is 3. The van der Waals surface area contributed by atoms with Crippen molar-refractivity contribution < 1.29 is 9.18 Å². The van der Waals surface area contributed by atoms with E-state index < -0.39 is 5.82 Å². The second-order valence-corrected chi connectivity index (χ2v) is 4.74. The van der Waals surface area contributed by atoms with Crippen molar-refractivity contribution in [3.8, 4) is 6.07 Å². The molecule has 0 aliphatic carbocycles.